The second kappa shape index (κ2) is 6.41. The van der Waals surface area contributed by atoms with Gasteiger partial charge in [-0.2, -0.15) is 0 Å². The predicted octanol–water partition coefficient (Wildman–Crippen LogP) is 2.37. The minimum Gasteiger partial charge on any atom is -0.389 e. The fraction of sp³-hybridized carbons (Fsp3) is 0.600. The SMILES string of the molecule is CCCNc1ccc([N+](=O)[O-])cc1CN1CCC(C)(O)C1. The predicted molar refractivity (Wildman–Crippen MR) is 82.4 cm³/mol. The minimum atomic E-state index is -0.655. The number of benzene rings is 1. The van der Waals surface area contributed by atoms with E-state index in [2.05, 4.69) is 17.1 Å². The van der Waals surface area contributed by atoms with Crippen molar-refractivity contribution in [1.82, 2.24) is 4.90 Å². The third kappa shape index (κ3) is 4.15. The average Bonchev–Trinajstić information content (AvgIpc) is 2.76. The van der Waals surface area contributed by atoms with Crippen molar-refractivity contribution in [2.45, 2.75) is 38.8 Å². The van der Waals surface area contributed by atoms with E-state index in [1.54, 1.807) is 12.1 Å². The van der Waals surface area contributed by atoms with Crippen LogP contribution in [0.2, 0.25) is 0 Å². The van der Waals surface area contributed by atoms with Crippen LogP contribution in [0.25, 0.3) is 0 Å². The molecule has 1 fully saturated rings. The van der Waals surface area contributed by atoms with E-state index in [9.17, 15) is 15.2 Å². The van der Waals surface area contributed by atoms with E-state index in [0.29, 0.717) is 13.1 Å². The molecule has 0 radical (unpaired) electrons. The summed E-state index contributed by atoms with van der Waals surface area (Å²) >= 11 is 0. The molecule has 0 aliphatic carbocycles. The number of likely N-dealkylation sites (tertiary alicyclic amines) is 1. The Bertz CT molecular complexity index is 517. The van der Waals surface area contributed by atoms with E-state index in [-0.39, 0.29) is 10.6 Å². The molecule has 1 atom stereocenters. The van der Waals surface area contributed by atoms with Gasteiger partial charge in [-0.1, -0.05) is 6.92 Å². The van der Waals surface area contributed by atoms with Gasteiger partial charge in [-0.05, 0) is 31.4 Å². The topological polar surface area (TPSA) is 78.6 Å². The lowest BCUT2D eigenvalue weighted by Gasteiger charge is -2.20. The monoisotopic (exact) mass is 293 g/mol. The smallest absolute Gasteiger partial charge is 0.269 e. The number of anilines is 1. The van der Waals surface area contributed by atoms with Crippen molar-refractivity contribution < 1.29 is 10.0 Å². The number of non-ortho nitro benzene ring substituents is 1. The highest BCUT2D eigenvalue weighted by Crippen LogP contribution is 2.27. The first kappa shape index (κ1) is 15.7. The van der Waals surface area contributed by atoms with Crippen LogP contribution in [0.3, 0.4) is 0 Å². The molecule has 2 rings (SSSR count). The fourth-order valence-corrected chi connectivity index (χ4v) is 2.67. The molecule has 21 heavy (non-hydrogen) atoms. The third-order valence-electron chi connectivity index (χ3n) is 3.79. The molecule has 1 unspecified atom stereocenters. The number of nitro benzene ring substituents is 1. The molecule has 0 saturated carbocycles. The third-order valence-corrected chi connectivity index (χ3v) is 3.79. The molecule has 0 amide bonds. The number of rotatable bonds is 6. The van der Waals surface area contributed by atoms with Crippen molar-refractivity contribution in [3.05, 3.63) is 33.9 Å². The van der Waals surface area contributed by atoms with Crippen LogP contribution >= 0.6 is 0 Å². The molecule has 116 valence electrons. The maximum absolute atomic E-state index is 11.0. The van der Waals surface area contributed by atoms with E-state index in [1.807, 2.05) is 6.92 Å². The van der Waals surface area contributed by atoms with Crippen LogP contribution in [0, 0.1) is 10.1 Å². The van der Waals surface area contributed by atoms with Gasteiger partial charge in [-0.25, -0.2) is 0 Å². The first-order chi connectivity index (χ1) is 9.91. The second-order valence-corrected chi connectivity index (χ2v) is 5.98. The first-order valence-electron chi connectivity index (χ1n) is 7.37. The number of hydrogen-bond donors (Lipinski definition) is 2. The van der Waals surface area contributed by atoms with Crippen LogP contribution in [-0.4, -0.2) is 40.2 Å². The summed E-state index contributed by atoms with van der Waals surface area (Å²) in [4.78, 5) is 12.7. The summed E-state index contributed by atoms with van der Waals surface area (Å²) in [6, 6.07) is 4.93. The molecular formula is C15H23N3O3. The number of nitro groups is 1. The lowest BCUT2D eigenvalue weighted by atomic mass is 10.1. The van der Waals surface area contributed by atoms with E-state index < -0.39 is 5.60 Å². The number of aliphatic hydroxyl groups is 1. The Kier molecular flexibility index (Phi) is 4.80. The van der Waals surface area contributed by atoms with Crippen molar-refractivity contribution in [3.8, 4) is 0 Å². The molecule has 1 aromatic rings. The lowest BCUT2D eigenvalue weighted by Crippen LogP contribution is -2.29. The van der Waals surface area contributed by atoms with Gasteiger partial charge in [0.05, 0.1) is 10.5 Å². The highest BCUT2D eigenvalue weighted by Gasteiger charge is 2.31. The number of β-amino-alcohol motifs (C(OH)–C–C–N with tert-alkyl or cyclic N) is 1. The van der Waals surface area contributed by atoms with Crippen LogP contribution in [0.5, 0.6) is 0 Å². The van der Waals surface area contributed by atoms with Crippen molar-refractivity contribution in [2.24, 2.45) is 0 Å². The van der Waals surface area contributed by atoms with Crippen molar-refractivity contribution in [3.63, 3.8) is 0 Å². The van der Waals surface area contributed by atoms with Crippen LogP contribution in [0.4, 0.5) is 11.4 Å². The van der Waals surface area contributed by atoms with Gasteiger partial charge in [0.15, 0.2) is 0 Å². The van der Waals surface area contributed by atoms with Crippen LogP contribution in [0.1, 0.15) is 32.3 Å². The lowest BCUT2D eigenvalue weighted by molar-refractivity contribution is -0.384. The Morgan fingerprint density at radius 2 is 2.29 bits per heavy atom. The summed E-state index contributed by atoms with van der Waals surface area (Å²) in [7, 11) is 0. The number of nitrogens with one attached hydrogen (secondary N) is 1. The summed E-state index contributed by atoms with van der Waals surface area (Å²) in [5.74, 6) is 0. The van der Waals surface area contributed by atoms with Gasteiger partial charge in [-0.15, -0.1) is 0 Å². The highest BCUT2D eigenvalue weighted by molar-refractivity contribution is 5.56. The quantitative estimate of drug-likeness (QED) is 0.622. The van der Waals surface area contributed by atoms with Gasteiger partial charge in [0, 0.05) is 44.0 Å². The molecule has 1 saturated heterocycles. The van der Waals surface area contributed by atoms with Crippen LogP contribution in [0.15, 0.2) is 18.2 Å². The van der Waals surface area contributed by atoms with E-state index in [4.69, 9.17) is 0 Å². The Labute approximate surface area is 124 Å². The summed E-state index contributed by atoms with van der Waals surface area (Å²) in [6.07, 6.45) is 1.73. The van der Waals surface area contributed by atoms with Gasteiger partial charge >= 0.3 is 0 Å². The zero-order valence-corrected chi connectivity index (χ0v) is 12.6. The zero-order chi connectivity index (χ0) is 15.5. The summed E-state index contributed by atoms with van der Waals surface area (Å²) in [5, 5.41) is 24.3. The molecule has 1 aliphatic rings. The normalized spacial score (nSPS) is 22.4. The Morgan fingerprint density at radius 1 is 1.52 bits per heavy atom. The molecule has 1 aliphatic heterocycles. The van der Waals surface area contributed by atoms with Gasteiger partial charge in [-0.3, -0.25) is 15.0 Å². The zero-order valence-electron chi connectivity index (χ0n) is 12.6. The molecule has 1 heterocycles. The Balaban J connectivity index is 2.17. The maximum Gasteiger partial charge on any atom is 0.269 e. The largest absolute Gasteiger partial charge is 0.389 e. The minimum absolute atomic E-state index is 0.109. The molecule has 0 aromatic heterocycles. The van der Waals surface area contributed by atoms with E-state index in [0.717, 1.165) is 37.2 Å². The van der Waals surface area contributed by atoms with Gasteiger partial charge in [0.1, 0.15) is 0 Å². The summed E-state index contributed by atoms with van der Waals surface area (Å²) < 4.78 is 0. The Hall–Kier alpha value is -1.66. The number of hydrogen-bond acceptors (Lipinski definition) is 5. The highest BCUT2D eigenvalue weighted by atomic mass is 16.6. The van der Waals surface area contributed by atoms with Crippen LogP contribution in [-0.2, 0) is 6.54 Å². The van der Waals surface area contributed by atoms with E-state index >= 15 is 0 Å². The number of nitrogens with zero attached hydrogens (tertiary/aromatic N) is 2. The summed E-state index contributed by atoms with van der Waals surface area (Å²) in [6.45, 7) is 6.77. The van der Waals surface area contributed by atoms with Gasteiger partial charge in [0.2, 0.25) is 0 Å². The molecule has 0 spiro atoms. The molecule has 0 bridgehead atoms. The molecule has 1 aromatic carbocycles. The molecule has 6 nitrogen and oxygen atoms in total. The standard InChI is InChI=1S/C15H23N3O3/c1-3-7-16-14-5-4-13(18(20)21)9-12(14)10-17-8-6-15(2,19)11-17/h4-5,9,16,19H,3,6-8,10-11H2,1-2H3. The second-order valence-electron chi connectivity index (χ2n) is 5.98. The van der Waals surface area contributed by atoms with E-state index in [1.165, 1.54) is 6.07 Å². The fourth-order valence-electron chi connectivity index (χ4n) is 2.67. The van der Waals surface area contributed by atoms with Crippen molar-refractivity contribution >= 4 is 11.4 Å². The summed E-state index contributed by atoms with van der Waals surface area (Å²) in [5.41, 5.74) is 1.31. The Morgan fingerprint density at radius 3 is 2.86 bits per heavy atom. The van der Waals surface area contributed by atoms with Gasteiger partial charge < -0.3 is 10.4 Å². The molecular weight excluding hydrogens is 270 g/mol. The van der Waals surface area contributed by atoms with Crippen molar-refractivity contribution in [1.29, 1.82) is 0 Å². The molecule has 6 heteroatoms. The average molecular weight is 293 g/mol. The van der Waals surface area contributed by atoms with Gasteiger partial charge in [0.25, 0.3) is 5.69 Å². The van der Waals surface area contributed by atoms with Crippen LogP contribution < -0.4 is 5.32 Å². The first-order valence-corrected chi connectivity index (χ1v) is 7.37. The maximum atomic E-state index is 11.0. The molecule has 2 N–H and O–H groups in total. The van der Waals surface area contributed by atoms with Crippen molar-refractivity contribution in [2.75, 3.05) is 25.0 Å².